The van der Waals surface area contributed by atoms with Crippen LogP contribution >= 0.6 is 23.2 Å². The van der Waals surface area contributed by atoms with Gasteiger partial charge in [0, 0.05) is 39.7 Å². The molecule has 37 heavy (non-hydrogen) atoms. The number of aromatic nitrogens is 3. The highest BCUT2D eigenvalue weighted by Gasteiger charge is 2.27. The Morgan fingerprint density at radius 3 is 2.49 bits per heavy atom. The molecule has 1 unspecified atom stereocenters. The normalized spacial score (nSPS) is 17.4. The van der Waals surface area contributed by atoms with Crippen molar-refractivity contribution >= 4 is 34.8 Å². The first kappa shape index (κ1) is 27.2. The zero-order chi connectivity index (χ0) is 26.4. The number of halogens is 2. The molecule has 0 spiro atoms. The molecule has 2 aromatic carbocycles. The van der Waals surface area contributed by atoms with Crippen molar-refractivity contribution in [1.82, 2.24) is 14.8 Å². The number of ether oxygens (including phenoxy) is 2. The van der Waals surface area contributed by atoms with E-state index in [1.54, 1.807) is 7.11 Å². The van der Waals surface area contributed by atoms with Crippen LogP contribution in [0.2, 0.25) is 10.0 Å². The van der Waals surface area contributed by atoms with E-state index < -0.39 is 0 Å². The molecule has 0 aliphatic carbocycles. The van der Waals surface area contributed by atoms with Crippen LogP contribution in [-0.2, 0) is 22.6 Å². The minimum Gasteiger partial charge on any atom is -0.475 e. The Kier molecular flexibility index (Phi) is 9.24. The molecular formula is C28H33Cl2N5O2. The summed E-state index contributed by atoms with van der Waals surface area (Å²) in [4.78, 5) is 4.83. The molecule has 196 valence electrons. The van der Waals surface area contributed by atoms with Gasteiger partial charge < -0.3 is 19.4 Å². The molecule has 3 heterocycles. The molecule has 2 aliphatic heterocycles. The number of benzene rings is 2. The van der Waals surface area contributed by atoms with Gasteiger partial charge in [0.1, 0.15) is 19.3 Å². The van der Waals surface area contributed by atoms with Crippen molar-refractivity contribution in [3.8, 4) is 11.4 Å². The molecule has 1 atom stereocenters. The number of nitrogens with zero attached hydrogens (tertiary/aromatic N) is 4. The lowest BCUT2D eigenvalue weighted by atomic mass is 10.1. The van der Waals surface area contributed by atoms with Crippen LogP contribution in [0, 0.1) is 0 Å². The minimum absolute atomic E-state index is 0.0655. The van der Waals surface area contributed by atoms with Crippen molar-refractivity contribution in [2.45, 2.75) is 59.2 Å². The average molecular weight is 543 g/mol. The van der Waals surface area contributed by atoms with E-state index in [1.165, 1.54) is 19.3 Å². The first-order valence-electron chi connectivity index (χ1n) is 12.6. The second-order valence-corrected chi connectivity index (χ2v) is 9.92. The van der Waals surface area contributed by atoms with E-state index in [1.807, 2.05) is 54.0 Å². The second-order valence-electron chi connectivity index (χ2n) is 9.04. The predicted molar refractivity (Wildman–Crippen MR) is 150 cm³/mol. The van der Waals surface area contributed by atoms with Crippen LogP contribution < -0.4 is 5.32 Å². The molecule has 0 amide bonds. The number of aliphatic imine (C=N–C) groups is 1. The van der Waals surface area contributed by atoms with Crippen LogP contribution in [-0.4, -0.2) is 34.4 Å². The molecule has 0 fully saturated rings. The predicted octanol–water partition coefficient (Wildman–Crippen LogP) is 7.46. The van der Waals surface area contributed by atoms with Crippen molar-refractivity contribution in [2.75, 3.05) is 19.0 Å². The van der Waals surface area contributed by atoms with Gasteiger partial charge in [-0.2, -0.15) is 0 Å². The summed E-state index contributed by atoms with van der Waals surface area (Å²) in [5.41, 5.74) is 4.71. The highest BCUT2D eigenvalue weighted by Crippen LogP contribution is 2.36. The lowest BCUT2D eigenvalue weighted by Gasteiger charge is -2.14. The maximum absolute atomic E-state index is 6.28. The van der Waals surface area contributed by atoms with E-state index >= 15 is 0 Å². The zero-order valence-electron chi connectivity index (χ0n) is 21.7. The topological polar surface area (TPSA) is 73.6 Å². The number of allylic oxidation sites excluding steroid dienone is 1. The van der Waals surface area contributed by atoms with Gasteiger partial charge in [0.05, 0.1) is 6.54 Å². The van der Waals surface area contributed by atoms with Crippen molar-refractivity contribution in [1.29, 1.82) is 0 Å². The molecule has 1 aromatic heterocycles. The van der Waals surface area contributed by atoms with Crippen LogP contribution in [0.5, 0.6) is 0 Å². The third-order valence-corrected chi connectivity index (χ3v) is 6.80. The number of fused-ring (bicyclic) bond motifs is 3. The first-order chi connectivity index (χ1) is 17.9. The van der Waals surface area contributed by atoms with E-state index in [9.17, 15) is 0 Å². The summed E-state index contributed by atoms with van der Waals surface area (Å²) in [6, 6.07) is 13.3. The van der Waals surface area contributed by atoms with Crippen LogP contribution in [0.15, 0.2) is 58.7 Å². The Morgan fingerprint density at radius 2 is 1.81 bits per heavy atom. The van der Waals surface area contributed by atoms with Gasteiger partial charge >= 0.3 is 0 Å². The molecule has 7 nitrogen and oxygen atoms in total. The largest absolute Gasteiger partial charge is 0.475 e. The zero-order valence-corrected chi connectivity index (χ0v) is 23.2. The highest BCUT2D eigenvalue weighted by atomic mass is 35.5. The number of methoxy groups -OCH3 is 1. The van der Waals surface area contributed by atoms with Crippen molar-refractivity contribution < 1.29 is 9.47 Å². The Morgan fingerprint density at radius 1 is 1.08 bits per heavy atom. The van der Waals surface area contributed by atoms with E-state index in [0.717, 1.165) is 39.7 Å². The van der Waals surface area contributed by atoms with Gasteiger partial charge in [0.15, 0.2) is 11.6 Å². The number of hydrogen-bond donors (Lipinski definition) is 1. The minimum atomic E-state index is -0.0655. The number of nitrogens with one attached hydrogen (secondary N) is 1. The molecular weight excluding hydrogens is 509 g/mol. The Labute approximate surface area is 228 Å². The van der Waals surface area contributed by atoms with Crippen molar-refractivity contribution in [3.05, 3.63) is 75.2 Å². The van der Waals surface area contributed by atoms with Gasteiger partial charge in [0.2, 0.25) is 5.90 Å². The van der Waals surface area contributed by atoms with Crippen LogP contribution in [0.1, 0.15) is 57.5 Å². The van der Waals surface area contributed by atoms with Crippen molar-refractivity contribution in [2.24, 2.45) is 4.99 Å². The molecule has 0 radical (unpaired) electrons. The standard InChI is InChI=1S/C23H21Cl2N5O2.C5H12/c1-13(23-27-20(11-32-23)14-3-5-15(24)6-4-14)19-10-30-21(12-31-2)28-29-22(30)17-9-16(25)7-8-18(17)26-19;1-3-5-4-2/h3-9,20,26H,10-12H2,1-2H3;3-5H2,1-2H3/b19-13+;. The van der Waals surface area contributed by atoms with E-state index in [2.05, 4.69) is 29.4 Å². The van der Waals surface area contributed by atoms with Crippen molar-refractivity contribution in [3.63, 3.8) is 0 Å². The molecule has 3 aromatic rings. The Hall–Kier alpha value is -2.87. The van der Waals surface area contributed by atoms with Crippen LogP contribution in [0.25, 0.3) is 11.4 Å². The molecule has 0 saturated heterocycles. The summed E-state index contributed by atoms with van der Waals surface area (Å²) >= 11 is 12.3. The van der Waals surface area contributed by atoms with E-state index in [0.29, 0.717) is 35.7 Å². The van der Waals surface area contributed by atoms with Gasteiger partial charge in [-0.05, 0) is 42.8 Å². The van der Waals surface area contributed by atoms with Gasteiger partial charge in [-0.15, -0.1) is 10.2 Å². The van der Waals surface area contributed by atoms with Crippen LogP contribution in [0.4, 0.5) is 5.69 Å². The van der Waals surface area contributed by atoms with E-state index in [4.69, 9.17) is 37.7 Å². The summed E-state index contributed by atoms with van der Waals surface area (Å²) in [5, 5.41) is 13.6. The lowest BCUT2D eigenvalue weighted by molar-refractivity contribution is 0.174. The molecule has 0 saturated carbocycles. The highest BCUT2D eigenvalue weighted by molar-refractivity contribution is 6.31. The summed E-state index contributed by atoms with van der Waals surface area (Å²) in [7, 11) is 1.64. The summed E-state index contributed by atoms with van der Waals surface area (Å²) in [5.74, 6) is 2.08. The smallest absolute Gasteiger partial charge is 0.214 e. The van der Waals surface area contributed by atoms with Gasteiger partial charge in [-0.1, -0.05) is 68.4 Å². The average Bonchev–Trinajstić information content (AvgIpc) is 3.50. The summed E-state index contributed by atoms with van der Waals surface area (Å²) in [6.07, 6.45) is 4.08. The van der Waals surface area contributed by atoms with Crippen LogP contribution in [0.3, 0.4) is 0 Å². The third kappa shape index (κ3) is 6.35. The maximum atomic E-state index is 6.28. The SMILES string of the molecule is CCCCC.COCc1nnc2n1C/C(=C(/C)C1=NC(c3ccc(Cl)cc3)CO1)Nc1ccc(Cl)cc1-2. The third-order valence-electron chi connectivity index (χ3n) is 6.31. The molecule has 1 N–H and O–H groups in total. The quantitative estimate of drug-likeness (QED) is 0.350. The Bertz CT molecular complexity index is 1280. The molecule has 0 bridgehead atoms. The lowest BCUT2D eigenvalue weighted by Crippen LogP contribution is -2.15. The molecule has 9 heteroatoms. The number of hydrogen-bond acceptors (Lipinski definition) is 6. The number of rotatable bonds is 6. The first-order valence-corrected chi connectivity index (χ1v) is 13.3. The maximum Gasteiger partial charge on any atom is 0.214 e. The van der Waals surface area contributed by atoms with Gasteiger partial charge in [0.25, 0.3) is 0 Å². The summed E-state index contributed by atoms with van der Waals surface area (Å²) < 4.78 is 13.4. The number of unbranched alkanes of at least 4 members (excludes halogenated alkanes) is 2. The fraction of sp³-hybridized carbons (Fsp3) is 0.393. The Balaban J connectivity index is 0.000000586. The van der Waals surface area contributed by atoms with Gasteiger partial charge in [-0.3, -0.25) is 0 Å². The molecule has 2 aliphatic rings. The summed E-state index contributed by atoms with van der Waals surface area (Å²) in [6.45, 7) is 7.79. The fourth-order valence-corrected chi connectivity index (χ4v) is 4.54. The van der Waals surface area contributed by atoms with E-state index in [-0.39, 0.29) is 6.04 Å². The second kappa shape index (κ2) is 12.6. The fourth-order valence-electron chi connectivity index (χ4n) is 4.24. The van der Waals surface area contributed by atoms with Gasteiger partial charge in [-0.25, -0.2) is 4.99 Å². The number of anilines is 1. The molecule has 5 rings (SSSR count). The monoisotopic (exact) mass is 541 g/mol.